The molecule has 1 N–H and O–H groups in total. The van der Waals surface area contributed by atoms with Crippen LogP contribution in [0.1, 0.15) is 15.4 Å². The second-order valence-corrected chi connectivity index (χ2v) is 4.38. The van der Waals surface area contributed by atoms with E-state index in [2.05, 4.69) is 4.98 Å². The molecule has 0 aliphatic rings. The van der Waals surface area contributed by atoms with Crippen molar-refractivity contribution in [2.45, 2.75) is 6.92 Å². The lowest BCUT2D eigenvalue weighted by atomic mass is 10.1. The predicted molar refractivity (Wildman–Crippen MR) is 65.8 cm³/mol. The Bertz CT molecular complexity index is 563. The third-order valence-corrected chi connectivity index (χ3v) is 3.23. The molecule has 2 aromatic rings. The molecule has 0 saturated heterocycles. The van der Waals surface area contributed by atoms with Crippen LogP contribution in [-0.2, 0) is 0 Å². The Kier molecular flexibility index (Phi) is 3.10. The van der Waals surface area contributed by atoms with Crippen LogP contribution in [0.5, 0.6) is 5.75 Å². The van der Waals surface area contributed by atoms with Crippen molar-refractivity contribution in [3.8, 4) is 17.0 Å². The molecule has 17 heavy (non-hydrogen) atoms. The summed E-state index contributed by atoms with van der Waals surface area (Å²) in [6.07, 6.45) is 0. The largest absolute Gasteiger partial charge is 0.497 e. The number of aromatic nitrogens is 1. The summed E-state index contributed by atoms with van der Waals surface area (Å²) in [6.45, 7) is 1.94. The van der Waals surface area contributed by atoms with Gasteiger partial charge >= 0.3 is 5.97 Å². The number of carbonyl (C=O) groups is 1. The molecule has 1 aromatic heterocycles. The maximum Gasteiger partial charge on any atom is 0.365 e. The molecule has 0 amide bonds. The number of benzene rings is 1. The zero-order chi connectivity index (χ0) is 12.4. The molecule has 0 fully saturated rings. The molecular weight excluding hydrogens is 238 g/mol. The lowest BCUT2D eigenvalue weighted by Gasteiger charge is -2.05. The van der Waals surface area contributed by atoms with E-state index in [4.69, 9.17) is 9.84 Å². The van der Waals surface area contributed by atoms with Crippen LogP contribution >= 0.6 is 11.3 Å². The fourth-order valence-corrected chi connectivity index (χ4v) is 2.20. The maximum absolute atomic E-state index is 10.8. The van der Waals surface area contributed by atoms with Crippen molar-refractivity contribution in [3.63, 3.8) is 0 Å². The normalized spacial score (nSPS) is 10.2. The highest BCUT2D eigenvalue weighted by molar-refractivity contribution is 7.11. The van der Waals surface area contributed by atoms with Crippen molar-refractivity contribution in [3.05, 3.63) is 34.2 Å². The number of aryl methyl sites for hydroxylation is 1. The first kappa shape index (κ1) is 11.6. The number of ether oxygens (including phenoxy) is 1. The van der Waals surface area contributed by atoms with Gasteiger partial charge in [-0.2, -0.15) is 0 Å². The summed E-state index contributed by atoms with van der Waals surface area (Å²) in [7, 11) is 1.61. The van der Waals surface area contributed by atoms with Gasteiger partial charge < -0.3 is 9.84 Å². The van der Waals surface area contributed by atoms with Gasteiger partial charge in [0, 0.05) is 10.9 Å². The lowest BCUT2D eigenvalue weighted by Crippen LogP contribution is -1.94. The van der Waals surface area contributed by atoms with E-state index < -0.39 is 5.97 Å². The first-order valence-corrected chi connectivity index (χ1v) is 5.83. The molecule has 0 aliphatic carbocycles. The molecule has 0 saturated carbocycles. The Morgan fingerprint density at radius 3 is 2.76 bits per heavy atom. The Balaban J connectivity index is 2.42. The molecule has 0 radical (unpaired) electrons. The molecule has 5 heteroatoms. The Labute approximate surface area is 103 Å². The minimum absolute atomic E-state index is 0.107. The first-order chi connectivity index (χ1) is 8.11. The van der Waals surface area contributed by atoms with Gasteiger partial charge in [0.2, 0.25) is 5.01 Å². The molecule has 0 spiro atoms. The predicted octanol–water partition coefficient (Wildman–Crippen LogP) is 2.83. The van der Waals surface area contributed by atoms with E-state index in [-0.39, 0.29) is 5.01 Å². The van der Waals surface area contributed by atoms with Gasteiger partial charge in [0.15, 0.2) is 0 Å². The number of thiazole rings is 1. The quantitative estimate of drug-likeness (QED) is 0.908. The van der Waals surface area contributed by atoms with Crippen LogP contribution in [-0.4, -0.2) is 23.2 Å². The molecule has 88 valence electrons. The zero-order valence-corrected chi connectivity index (χ0v) is 10.2. The number of hydrogen-bond acceptors (Lipinski definition) is 4. The van der Waals surface area contributed by atoms with Gasteiger partial charge in [-0.25, -0.2) is 9.78 Å². The van der Waals surface area contributed by atoms with Crippen LogP contribution in [0, 0.1) is 6.92 Å². The Morgan fingerprint density at radius 1 is 1.47 bits per heavy atom. The van der Waals surface area contributed by atoms with Crippen LogP contribution in [0.3, 0.4) is 0 Å². The standard InChI is InChI=1S/C12H11NO3S/c1-7-5-8(16-2)3-4-9(7)10-6-17-11(13-10)12(14)15/h3-6H,1-2H3,(H,14,15). The summed E-state index contributed by atoms with van der Waals surface area (Å²) in [4.78, 5) is 14.8. The number of carboxylic acids is 1. The number of methoxy groups -OCH3 is 1. The summed E-state index contributed by atoms with van der Waals surface area (Å²) in [5.74, 6) is -0.215. The minimum atomic E-state index is -0.993. The topological polar surface area (TPSA) is 59.4 Å². The molecule has 0 aliphatic heterocycles. The van der Waals surface area contributed by atoms with E-state index in [0.717, 1.165) is 28.2 Å². The fraction of sp³-hybridized carbons (Fsp3) is 0.167. The Hall–Kier alpha value is -1.88. The smallest absolute Gasteiger partial charge is 0.365 e. The van der Waals surface area contributed by atoms with E-state index >= 15 is 0 Å². The van der Waals surface area contributed by atoms with Crippen LogP contribution in [0.2, 0.25) is 0 Å². The molecule has 2 rings (SSSR count). The van der Waals surface area contributed by atoms with Crippen LogP contribution in [0.4, 0.5) is 0 Å². The third-order valence-electron chi connectivity index (χ3n) is 2.40. The average molecular weight is 249 g/mol. The summed E-state index contributed by atoms with van der Waals surface area (Å²) >= 11 is 1.13. The van der Waals surface area contributed by atoms with E-state index in [0.29, 0.717) is 5.69 Å². The number of nitrogens with zero attached hydrogens (tertiary/aromatic N) is 1. The van der Waals surface area contributed by atoms with Gasteiger partial charge in [0.1, 0.15) is 5.75 Å². The van der Waals surface area contributed by atoms with Crippen molar-refractivity contribution in [1.29, 1.82) is 0 Å². The van der Waals surface area contributed by atoms with Crippen molar-refractivity contribution < 1.29 is 14.6 Å². The summed E-state index contributed by atoms with van der Waals surface area (Å²) in [5.41, 5.74) is 2.62. The summed E-state index contributed by atoms with van der Waals surface area (Å²) < 4.78 is 5.12. The van der Waals surface area contributed by atoms with Crippen LogP contribution in [0.25, 0.3) is 11.3 Å². The van der Waals surface area contributed by atoms with E-state index in [9.17, 15) is 4.79 Å². The van der Waals surface area contributed by atoms with E-state index in [1.54, 1.807) is 12.5 Å². The van der Waals surface area contributed by atoms with Crippen molar-refractivity contribution in [1.82, 2.24) is 4.98 Å². The maximum atomic E-state index is 10.8. The third kappa shape index (κ3) is 2.29. The molecule has 0 atom stereocenters. The number of carboxylic acid groups (broad SMARTS) is 1. The van der Waals surface area contributed by atoms with E-state index in [1.807, 2.05) is 25.1 Å². The second-order valence-electron chi connectivity index (χ2n) is 3.52. The van der Waals surface area contributed by atoms with Gasteiger partial charge in [-0.3, -0.25) is 0 Å². The minimum Gasteiger partial charge on any atom is -0.497 e. The average Bonchev–Trinajstić information content (AvgIpc) is 2.78. The van der Waals surface area contributed by atoms with Gasteiger partial charge in [0.05, 0.1) is 12.8 Å². The van der Waals surface area contributed by atoms with Gasteiger partial charge in [0.25, 0.3) is 0 Å². The number of hydrogen-bond donors (Lipinski definition) is 1. The summed E-state index contributed by atoms with van der Waals surface area (Å²) in [5, 5.41) is 10.7. The zero-order valence-electron chi connectivity index (χ0n) is 9.43. The number of aromatic carboxylic acids is 1. The molecule has 4 nitrogen and oxygen atoms in total. The van der Waals surface area contributed by atoms with Crippen molar-refractivity contribution in [2.75, 3.05) is 7.11 Å². The molecule has 0 bridgehead atoms. The van der Waals surface area contributed by atoms with Gasteiger partial charge in [-0.15, -0.1) is 11.3 Å². The molecular formula is C12H11NO3S. The van der Waals surface area contributed by atoms with Crippen molar-refractivity contribution >= 4 is 17.3 Å². The fourth-order valence-electron chi connectivity index (χ4n) is 1.55. The summed E-state index contributed by atoms with van der Waals surface area (Å²) in [6, 6.07) is 5.62. The Morgan fingerprint density at radius 2 is 2.24 bits per heavy atom. The highest BCUT2D eigenvalue weighted by Crippen LogP contribution is 2.27. The van der Waals surface area contributed by atoms with E-state index in [1.165, 1.54) is 0 Å². The van der Waals surface area contributed by atoms with Gasteiger partial charge in [-0.05, 0) is 30.7 Å². The second kappa shape index (κ2) is 4.55. The molecule has 1 aromatic carbocycles. The lowest BCUT2D eigenvalue weighted by molar-refractivity contribution is 0.0696. The highest BCUT2D eigenvalue weighted by atomic mass is 32.1. The highest BCUT2D eigenvalue weighted by Gasteiger charge is 2.11. The van der Waals surface area contributed by atoms with Gasteiger partial charge in [-0.1, -0.05) is 0 Å². The molecule has 0 unspecified atom stereocenters. The monoisotopic (exact) mass is 249 g/mol. The van der Waals surface area contributed by atoms with Crippen LogP contribution < -0.4 is 4.74 Å². The molecule has 1 heterocycles. The SMILES string of the molecule is COc1ccc(-c2csc(C(=O)O)n2)c(C)c1. The number of rotatable bonds is 3. The first-order valence-electron chi connectivity index (χ1n) is 4.95. The van der Waals surface area contributed by atoms with Crippen LogP contribution in [0.15, 0.2) is 23.6 Å². The van der Waals surface area contributed by atoms with Crippen molar-refractivity contribution in [2.24, 2.45) is 0 Å².